The van der Waals surface area contributed by atoms with Gasteiger partial charge in [0.25, 0.3) is 0 Å². The fourth-order valence-corrected chi connectivity index (χ4v) is 2.36. The predicted octanol–water partition coefficient (Wildman–Crippen LogP) is 0.800. The van der Waals surface area contributed by atoms with Gasteiger partial charge in [-0.2, -0.15) is 0 Å². The molecule has 1 aromatic heterocycles. The van der Waals surface area contributed by atoms with E-state index < -0.39 is 0 Å². The molecule has 100 valence electrons. The van der Waals surface area contributed by atoms with Crippen molar-refractivity contribution in [3.63, 3.8) is 0 Å². The van der Waals surface area contributed by atoms with E-state index >= 15 is 0 Å². The number of imidazole rings is 1. The topological polar surface area (TPSA) is 61.0 Å². The van der Waals surface area contributed by atoms with Crippen LogP contribution in [0.2, 0.25) is 0 Å². The molecule has 18 heavy (non-hydrogen) atoms. The zero-order valence-corrected chi connectivity index (χ0v) is 11.0. The molecule has 0 saturated carbocycles. The van der Waals surface area contributed by atoms with Gasteiger partial charge in [-0.05, 0) is 38.9 Å². The maximum atomic E-state index is 11.8. The van der Waals surface area contributed by atoms with E-state index in [1.54, 1.807) is 12.5 Å². The first-order chi connectivity index (χ1) is 8.74. The fourth-order valence-electron chi connectivity index (χ4n) is 2.36. The Morgan fingerprint density at radius 1 is 1.56 bits per heavy atom. The Balaban J connectivity index is 1.60. The molecular formula is C13H22N4O. The number of amides is 1. The van der Waals surface area contributed by atoms with Gasteiger partial charge in [0, 0.05) is 31.3 Å². The molecule has 1 amide bonds. The summed E-state index contributed by atoms with van der Waals surface area (Å²) in [5.74, 6) is 0.748. The maximum absolute atomic E-state index is 11.8. The average molecular weight is 250 g/mol. The molecule has 1 aromatic rings. The lowest BCUT2D eigenvalue weighted by molar-refractivity contribution is -0.122. The van der Waals surface area contributed by atoms with Crippen LogP contribution in [0.15, 0.2) is 12.5 Å². The number of likely N-dealkylation sites (tertiary alicyclic amines) is 1. The molecule has 5 nitrogen and oxygen atoms in total. The van der Waals surface area contributed by atoms with E-state index in [2.05, 4.69) is 27.2 Å². The van der Waals surface area contributed by atoms with Crippen molar-refractivity contribution in [1.29, 1.82) is 0 Å². The van der Waals surface area contributed by atoms with Crippen molar-refractivity contribution >= 4 is 5.91 Å². The highest BCUT2D eigenvalue weighted by Gasteiger charge is 2.19. The van der Waals surface area contributed by atoms with Gasteiger partial charge in [0.15, 0.2) is 0 Å². The molecule has 1 aliphatic rings. The van der Waals surface area contributed by atoms with E-state index in [0.29, 0.717) is 18.9 Å². The number of aromatic nitrogens is 2. The highest BCUT2D eigenvalue weighted by Crippen LogP contribution is 2.19. The molecule has 1 saturated heterocycles. The van der Waals surface area contributed by atoms with Gasteiger partial charge in [-0.3, -0.25) is 4.79 Å². The van der Waals surface area contributed by atoms with E-state index in [-0.39, 0.29) is 5.91 Å². The second-order valence-electron chi connectivity index (χ2n) is 5.13. The van der Waals surface area contributed by atoms with Crippen LogP contribution >= 0.6 is 0 Å². The first kappa shape index (κ1) is 13.1. The Bertz CT molecular complexity index is 355. The third-order valence-corrected chi connectivity index (χ3v) is 3.58. The van der Waals surface area contributed by atoms with Crippen molar-refractivity contribution < 1.29 is 4.79 Å². The van der Waals surface area contributed by atoms with Gasteiger partial charge in [0.1, 0.15) is 0 Å². The van der Waals surface area contributed by atoms with Gasteiger partial charge >= 0.3 is 0 Å². The molecule has 0 aliphatic carbocycles. The lowest BCUT2D eigenvalue weighted by Crippen LogP contribution is -2.34. The number of nitrogens with zero attached hydrogens (tertiary/aromatic N) is 2. The largest absolute Gasteiger partial charge is 0.356 e. The van der Waals surface area contributed by atoms with Crippen LogP contribution in [0.3, 0.4) is 0 Å². The van der Waals surface area contributed by atoms with Crippen molar-refractivity contribution in [3.05, 3.63) is 18.2 Å². The van der Waals surface area contributed by atoms with Crippen LogP contribution in [0.25, 0.3) is 0 Å². The minimum Gasteiger partial charge on any atom is -0.356 e. The van der Waals surface area contributed by atoms with Crippen molar-refractivity contribution in [2.24, 2.45) is 5.92 Å². The lowest BCUT2D eigenvalue weighted by atomic mass is 9.93. The molecule has 1 fully saturated rings. The van der Waals surface area contributed by atoms with Crippen LogP contribution in [-0.2, 0) is 11.2 Å². The number of piperidine rings is 1. The Labute approximate surface area is 108 Å². The summed E-state index contributed by atoms with van der Waals surface area (Å²) in [5, 5.41) is 2.98. The van der Waals surface area contributed by atoms with Crippen molar-refractivity contribution in [3.8, 4) is 0 Å². The number of hydrogen-bond donors (Lipinski definition) is 2. The average Bonchev–Trinajstić information content (AvgIpc) is 2.85. The highest BCUT2D eigenvalue weighted by molar-refractivity contribution is 5.76. The number of carbonyl (C=O) groups is 1. The zero-order chi connectivity index (χ0) is 12.8. The third kappa shape index (κ3) is 4.14. The summed E-state index contributed by atoms with van der Waals surface area (Å²) < 4.78 is 0. The first-order valence-corrected chi connectivity index (χ1v) is 6.66. The van der Waals surface area contributed by atoms with Crippen molar-refractivity contribution in [2.45, 2.75) is 25.7 Å². The molecule has 2 N–H and O–H groups in total. The van der Waals surface area contributed by atoms with Gasteiger partial charge in [-0.15, -0.1) is 0 Å². The normalized spacial score (nSPS) is 17.8. The fraction of sp³-hybridized carbons (Fsp3) is 0.692. The summed E-state index contributed by atoms with van der Waals surface area (Å²) in [5.41, 5.74) is 1.06. The Kier molecular flexibility index (Phi) is 4.75. The minimum atomic E-state index is 0.184. The second-order valence-corrected chi connectivity index (χ2v) is 5.13. The van der Waals surface area contributed by atoms with E-state index in [0.717, 1.165) is 38.0 Å². The smallest absolute Gasteiger partial charge is 0.220 e. The number of rotatable bonds is 5. The molecule has 0 spiro atoms. The molecule has 2 rings (SSSR count). The van der Waals surface area contributed by atoms with Crippen molar-refractivity contribution in [2.75, 3.05) is 26.7 Å². The monoisotopic (exact) mass is 250 g/mol. The lowest BCUT2D eigenvalue weighted by Gasteiger charge is -2.28. The second kappa shape index (κ2) is 6.54. The molecule has 1 aliphatic heterocycles. The number of hydrogen-bond acceptors (Lipinski definition) is 3. The van der Waals surface area contributed by atoms with Crippen molar-refractivity contribution in [1.82, 2.24) is 20.2 Å². The zero-order valence-electron chi connectivity index (χ0n) is 11.0. The highest BCUT2D eigenvalue weighted by atomic mass is 16.1. The van der Waals surface area contributed by atoms with E-state index in [9.17, 15) is 4.79 Å². The molecule has 0 aromatic carbocycles. The van der Waals surface area contributed by atoms with E-state index in [1.807, 2.05) is 0 Å². The maximum Gasteiger partial charge on any atom is 0.220 e. The number of carbonyl (C=O) groups excluding carboxylic acids is 1. The molecule has 5 heteroatoms. The minimum absolute atomic E-state index is 0.184. The Hall–Kier alpha value is -1.36. The van der Waals surface area contributed by atoms with Crippen LogP contribution in [0.1, 0.15) is 25.0 Å². The molecule has 0 atom stereocenters. The van der Waals surface area contributed by atoms with Crippen LogP contribution in [0.5, 0.6) is 0 Å². The molecule has 2 heterocycles. The Morgan fingerprint density at radius 3 is 3.00 bits per heavy atom. The predicted molar refractivity (Wildman–Crippen MR) is 70.1 cm³/mol. The summed E-state index contributed by atoms with van der Waals surface area (Å²) in [4.78, 5) is 21.1. The quantitative estimate of drug-likeness (QED) is 0.812. The van der Waals surface area contributed by atoms with Crippen LogP contribution in [0.4, 0.5) is 0 Å². The standard InChI is InChI=1S/C13H22N4O/c1-17-6-3-11(4-7-17)8-13(18)15-5-2-12-9-14-10-16-12/h9-11H,2-8H2,1H3,(H,14,16)(H,15,18). The summed E-state index contributed by atoms with van der Waals surface area (Å²) in [7, 11) is 2.14. The summed E-state index contributed by atoms with van der Waals surface area (Å²) in [6.45, 7) is 2.92. The molecular weight excluding hydrogens is 228 g/mol. The van der Waals surface area contributed by atoms with Gasteiger partial charge in [0.2, 0.25) is 5.91 Å². The number of H-pyrrole nitrogens is 1. The van der Waals surface area contributed by atoms with Gasteiger partial charge in [-0.25, -0.2) is 4.98 Å². The summed E-state index contributed by atoms with van der Waals surface area (Å²) >= 11 is 0. The SMILES string of the molecule is CN1CCC(CC(=O)NCCc2cnc[nH]2)CC1. The van der Waals surface area contributed by atoms with Gasteiger partial charge < -0.3 is 15.2 Å². The van der Waals surface area contributed by atoms with Gasteiger partial charge in [-0.1, -0.05) is 0 Å². The molecule has 0 radical (unpaired) electrons. The number of aromatic amines is 1. The van der Waals surface area contributed by atoms with Crippen LogP contribution in [0, 0.1) is 5.92 Å². The molecule has 0 unspecified atom stereocenters. The molecule has 0 bridgehead atoms. The van der Waals surface area contributed by atoms with E-state index in [4.69, 9.17) is 0 Å². The summed E-state index contributed by atoms with van der Waals surface area (Å²) in [6.07, 6.45) is 7.24. The summed E-state index contributed by atoms with van der Waals surface area (Å²) in [6, 6.07) is 0. The number of nitrogens with one attached hydrogen (secondary N) is 2. The third-order valence-electron chi connectivity index (χ3n) is 3.58. The van der Waals surface area contributed by atoms with Crippen LogP contribution in [-0.4, -0.2) is 47.5 Å². The van der Waals surface area contributed by atoms with Crippen LogP contribution < -0.4 is 5.32 Å². The Morgan fingerprint density at radius 2 is 2.33 bits per heavy atom. The van der Waals surface area contributed by atoms with Gasteiger partial charge in [0.05, 0.1) is 6.33 Å². The van der Waals surface area contributed by atoms with E-state index in [1.165, 1.54) is 0 Å². The first-order valence-electron chi connectivity index (χ1n) is 6.66.